The minimum atomic E-state index is -4.21. The molecule has 0 radical (unpaired) electrons. The number of nitrogens with one attached hydrogen (secondary N) is 1. The number of hydrogen-bond donors (Lipinski definition) is 1. The van der Waals surface area contributed by atoms with Crippen molar-refractivity contribution in [2.24, 2.45) is 0 Å². The first-order valence-electron chi connectivity index (χ1n) is 15.4. The molecular weight excluding hydrogens is 601 g/mol. The number of sulfonamides is 1. The molecule has 46 heavy (non-hydrogen) atoms. The number of carbonyl (C=O) groups is 2. The number of anilines is 1. The van der Waals surface area contributed by atoms with Crippen molar-refractivity contribution in [3.05, 3.63) is 131 Å². The predicted molar refractivity (Wildman–Crippen MR) is 180 cm³/mol. The molecule has 1 N–H and O–H groups in total. The van der Waals surface area contributed by atoms with Crippen molar-refractivity contribution in [3.63, 3.8) is 0 Å². The monoisotopic (exact) mass is 643 g/mol. The molecule has 0 bridgehead atoms. The first-order valence-corrected chi connectivity index (χ1v) is 16.9. The van der Waals surface area contributed by atoms with E-state index < -0.39 is 34.3 Å². The number of carbonyl (C=O) groups excluding carboxylic acids is 2. The summed E-state index contributed by atoms with van der Waals surface area (Å²) < 4.78 is 43.5. The Morgan fingerprint density at radius 2 is 1.46 bits per heavy atom. The molecule has 4 rings (SSSR count). The molecule has 0 aliphatic rings. The Labute approximate surface area is 272 Å². The van der Waals surface area contributed by atoms with Crippen LogP contribution < -0.4 is 9.62 Å². The Morgan fingerprint density at radius 3 is 2.09 bits per heavy atom. The molecule has 0 aromatic heterocycles. The SMILES string of the molecule is CC[C@H](C)NC(=O)[C@@H](Cc1ccccc1)N(Cc1ccc(F)cc1)C(=O)CN(c1cc(C)ccc1C)S(=O)(=O)c1ccc(C)cc1. The number of hydrogen-bond acceptors (Lipinski definition) is 4. The second-order valence-corrected chi connectivity index (χ2v) is 13.6. The summed E-state index contributed by atoms with van der Waals surface area (Å²) in [6.45, 7) is 8.78. The van der Waals surface area contributed by atoms with E-state index in [4.69, 9.17) is 0 Å². The Bertz CT molecular complexity index is 1740. The zero-order chi connectivity index (χ0) is 33.4. The Morgan fingerprint density at radius 1 is 0.826 bits per heavy atom. The first kappa shape index (κ1) is 34.4. The summed E-state index contributed by atoms with van der Waals surface area (Å²) in [7, 11) is -4.21. The quantitative estimate of drug-likeness (QED) is 0.180. The minimum Gasteiger partial charge on any atom is -0.352 e. The van der Waals surface area contributed by atoms with Crippen LogP contribution in [0.4, 0.5) is 10.1 Å². The van der Waals surface area contributed by atoms with E-state index in [9.17, 15) is 22.4 Å². The van der Waals surface area contributed by atoms with E-state index in [1.165, 1.54) is 29.2 Å². The smallest absolute Gasteiger partial charge is 0.264 e. The van der Waals surface area contributed by atoms with Crippen LogP contribution in [-0.2, 0) is 32.6 Å². The molecule has 0 saturated heterocycles. The van der Waals surface area contributed by atoms with Crippen molar-refractivity contribution >= 4 is 27.5 Å². The molecule has 242 valence electrons. The third-order valence-electron chi connectivity index (χ3n) is 8.06. The van der Waals surface area contributed by atoms with Crippen LogP contribution >= 0.6 is 0 Å². The molecule has 0 heterocycles. The summed E-state index contributed by atoms with van der Waals surface area (Å²) in [6.07, 6.45) is 0.884. The summed E-state index contributed by atoms with van der Waals surface area (Å²) in [5, 5.41) is 3.02. The van der Waals surface area contributed by atoms with Gasteiger partial charge in [-0.2, -0.15) is 0 Å². The summed E-state index contributed by atoms with van der Waals surface area (Å²) in [4.78, 5) is 30.0. The maximum Gasteiger partial charge on any atom is 0.264 e. The molecule has 4 aromatic carbocycles. The second kappa shape index (κ2) is 15.2. The van der Waals surface area contributed by atoms with Crippen molar-refractivity contribution in [2.45, 2.75) is 71.0 Å². The van der Waals surface area contributed by atoms with E-state index in [2.05, 4.69) is 5.32 Å². The van der Waals surface area contributed by atoms with Crippen LogP contribution in [0.3, 0.4) is 0 Å². The predicted octanol–water partition coefficient (Wildman–Crippen LogP) is 6.50. The Balaban J connectivity index is 1.83. The molecule has 9 heteroatoms. The van der Waals surface area contributed by atoms with Crippen LogP contribution in [0.15, 0.2) is 102 Å². The normalized spacial score (nSPS) is 12.7. The Kier molecular flexibility index (Phi) is 11.4. The van der Waals surface area contributed by atoms with Gasteiger partial charge in [0.15, 0.2) is 0 Å². The lowest BCUT2D eigenvalue weighted by Crippen LogP contribution is -2.54. The fraction of sp³-hybridized carbons (Fsp3) is 0.297. The van der Waals surface area contributed by atoms with Crippen LogP contribution in [0.2, 0.25) is 0 Å². The summed E-state index contributed by atoms with van der Waals surface area (Å²) in [5.41, 5.74) is 4.21. The maximum atomic E-state index is 14.6. The van der Waals surface area contributed by atoms with Gasteiger partial charge in [0.1, 0.15) is 18.4 Å². The van der Waals surface area contributed by atoms with Gasteiger partial charge in [0.2, 0.25) is 11.8 Å². The van der Waals surface area contributed by atoms with Crippen molar-refractivity contribution in [1.29, 1.82) is 0 Å². The fourth-order valence-corrected chi connectivity index (χ4v) is 6.59. The van der Waals surface area contributed by atoms with Crippen LogP contribution in [0.1, 0.15) is 48.1 Å². The highest BCUT2D eigenvalue weighted by atomic mass is 32.2. The number of aryl methyl sites for hydroxylation is 3. The Hall–Kier alpha value is -4.50. The van der Waals surface area contributed by atoms with Crippen molar-refractivity contribution < 1.29 is 22.4 Å². The maximum absolute atomic E-state index is 14.6. The highest BCUT2D eigenvalue weighted by molar-refractivity contribution is 7.92. The van der Waals surface area contributed by atoms with E-state index in [0.29, 0.717) is 23.2 Å². The van der Waals surface area contributed by atoms with Gasteiger partial charge >= 0.3 is 0 Å². The topological polar surface area (TPSA) is 86.8 Å². The van der Waals surface area contributed by atoms with Crippen molar-refractivity contribution in [1.82, 2.24) is 10.2 Å². The highest BCUT2D eigenvalue weighted by Gasteiger charge is 2.35. The van der Waals surface area contributed by atoms with Crippen molar-refractivity contribution in [3.8, 4) is 0 Å². The van der Waals surface area contributed by atoms with Gasteiger partial charge in [-0.3, -0.25) is 13.9 Å². The van der Waals surface area contributed by atoms with Crippen LogP contribution in [0, 0.1) is 26.6 Å². The van der Waals surface area contributed by atoms with Crippen LogP contribution in [-0.4, -0.2) is 43.8 Å². The molecule has 7 nitrogen and oxygen atoms in total. The molecule has 0 unspecified atom stereocenters. The molecular formula is C37H42FN3O4S. The third kappa shape index (κ3) is 8.60. The van der Waals surface area contributed by atoms with Gasteiger partial charge in [0, 0.05) is 19.0 Å². The van der Waals surface area contributed by atoms with E-state index in [0.717, 1.165) is 21.0 Å². The molecule has 2 amide bonds. The van der Waals surface area contributed by atoms with E-state index >= 15 is 0 Å². The molecule has 0 spiro atoms. The van der Waals surface area contributed by atoms with Crippen molar-refractivity contribution in [2.75, 3.05) is 10.8 Å². The number of rotatable bonds is 13. The average molecular weight is 644 g/mol. The van der Waals surface area contributed by atoms with Gasteiger partial charge in [-0.15, -0.1) is 0 Å². The van der Waals surface area contributed by atoms with Gasteiger partial charge in [-0.25, -0.2) is 12.8 Å². The van der Waals surface area contributed by atoms with Gasteiger partial charge in [0.05, 0.1) is 10.6 Å². The summed E-state index contributed by atoms with van der Waals surface area (Å²) >= 11 is 0. The van der Waals surface area contributed by atoms with Gasteiger partial charge in [0.25, 0.3) is 10.0 Å². The fourth-order valence-electron chi connectivity index (χ4n) is 5.12. The molecule has 4 aromatic rings. The highest BCUT2D eigenvalue weighted by Crippen LogP contribution is 2.29. The van der Waals surface area contributed by atoms with Crippen LogP contribution in [0.25, 0.3) is 0 Å². The van der Waals surface area contributed by atoms with Crippen LogP contribution in [0.5, 0.6) is 0 Å². The minimum absolute atomic E-state index is 0.0320. The van der Waals surface area contributed by atoms with E-state index in [1.807, 2.05) is 70.2 Å². The number of amides is 2. The number of benzene rings is 4. The molecule has 0 saturated carbocycles. The lowest BCUT2D eigenvalue weighted by atomic mass is 10.0. The largest absolute Gasteiger partial charge is 0.352 e. The molecule has 2 atom stereocenters. The number of nitrogens with zero attached hydrogens (tertiary/aromatic N) is 2. The summed E-state index contributed by atoms with van der Waals surface area (Å²) in [6, 6.07) is 25.9. The van der Waals surface area contributed by atoms with E-state index in [-0.39, 0.29) is 29.8 Å². The van der Waals surface area contributed by atoms with E-state index in [1.54, 1.807) is 37.3 Å². The standard InChI is InChI=1S/C37H42FN3O4S/c1-6-29(5)39-37(43)35(23-30-10-8-7-9-11-30)40(24-31-16-18-32(38)19-17-31)36(42)25-41(34-22-27(3)12-15-28(34)4)46(44,45)33-20-13-26(2)14-21-33/h7-22,29,35H,6,23-25H2,1-5H3,(H,39,43)/t29-,35+/m0/s1. The third-order valence-corrected chi connectivity index (χ3v) is 9.83. The lowest BCUT2D eigenvalue weighted by molar-refractivity contribution is -0.140. The average Bonchev–Trinajstić information content (AvgIpc) is 3.04. The zero-order valence-electron chi connectivity index (χ0n) is 27.0. The lowest BCUT2D eigenvalue weighted by Gasteiger charge is -2.34. The van der Waals surface area contributed by atoms with Gasteiger partial charge < -0.3 is 10.2 Å². The summed E-state index contributed by atoms with van der Waals surface area (Å²) in [5.74, 6) is -1.35. The molecule has 0 aliphatic carbocycles. The first-order chi connectivity index (χ1) is 21.9. The zero-order valence-corrected chi connectivity index (χ0v) is 27.9. The second-order valence-electron chi connectivity index (χ2n) is 11.8. The molecule has 0 fully saturated rings. The molecule has 0 aliphatic heterocycles. The van der Waals surface area contributed by atoms with Gasteiger partial charge in [-0.05, 0) is 86.7 Å². The van der Waals surface area contributed by atoms with Gasteiger partial charge in [-0.1, -0.05) is 79.2 Å². The number of halogens is 1.